The lowest BCUT2D eigenvalue weighted by atomic mass is 10.2. The Morgan fingerprint density at radius 3 is 2.94 bits per heavy atom. The molecule has 4 heteroatoms. The molecule has 0 saturated carbocycles. The third-order valence-corrected chi connectivity index (χ3v) is 3.13. The molecular weight excluding hydrogens is 242 g/mol. The molecule has 0 aromatic heterocycles. The van der Waals surface area contributed by atoms with Gasteiger partial charge in [-0.3, -0.25) is 4.79 Å². The fourth-order valence-electron chi connectivity index (χ4n) is 1.30. The standard InChI is InChI=1S/C12H16ClNOS/c1-16-11-6-4-5-10(9-11)14-12(15)7-2-3-8-13/h4-6,9H,2-3,7-8H2,1H3,(H,14,15). The van der Waals surface area contributed by atoms with Crippen LogP contribution >= 0.6 is 23.4 Å². The summed E-state index contributed by atoms with van der Waals surface area (Å²) in [5, 5.41) is 2.88. The van der Waals surface area contributed by atoms with E-state index in [2.05, 4.69) is 5.32 Å². The third kappa shape index (κ3) is 4.90. The van der Waals surface area contributed by atoms with Crippen molar-refractivity contribution in [3.63, 3.8) is 0 Å². The Balaban J connectivity index is 2.43. The number of benzene rings is 1. The van der Waals surface area contributed by atoms with Gasteiger partial charge in [0.25, 0.3) is 0 Å². The van der Waals surface area contributed by atoms with Gasteiger partial charge in [0.2, 0.25) is 5.91 Å². The number of amides is 1. The molecule has 0 unspecified atom stereocenters. The Morgan fingerprint density at radius 2 is 2.25 bits per heavy atom. The van der Waals surface area contributed by atoms with Gasteiger partial charge in [0, 0.05) is 22.9 Å². The SMILES string of the molecule is CSc1cccc(NC(=O)CCCCCl)c1. The predicted octanol–water partition coefficient (Wildman–Crippen LogP) is 3.76. The average Bonchev–Trinajstić information content (AvgIpc) is 2.29. The summed E-state index contributed by atoms with van der Waals surface area (Å²) in [5.41, 5.74) is 0.864. The molecule has 0 spiro atoms. The van der Waals surface area contributed by atoms with Gasteiger partial charge in [0.1, 0.15) is 0 Å². The maximum atomic E-state index is 11.5. The molecule has 0 saturated heterocycles. The van der Waals surface area contributed by atoms with Crippen molar-refractivity contribution in [3.05, 3.63) is 24.3 Å². The zero-order chi connectivity index (χ0) is 11.8. The number of nitrogens with one attached hydrogen (secondary N) is 1. The number of carbonyl (C=O) groups excluding carboxylic acids is 1. The van der Waals surface area contributed by atoms with Crippen LogP contribution in [0, 0.1) is 0 Å². The Morgan fingerprint density at radius 1 is 1.44 bits per heavy atom. The summed E-state index contributed by atoms with van der Waals surface area (Å²) in [7, 11) is 0. The van der Waals surface area contributed by atoms with Crippen molar-refractivity contribution in [2.45, 2.75) is 24.2 Å². The molecule has 88 valence electrons. The van der Waals surface area contributed by atoms with Gasteiger partial charge in [0.15, 0.2) is 0 Å². The van der Waals surface area contributed by atoms with E-state index in [-0.39, 0.29) is 5.91 Å². The van der Waals surface area contributed by atoms with Gasteiger partial charge >= 0.3 is 0 Å². The van der Waals surface area contributed by atoms with Crippen molar-refractivity contribution in [3.8, 4) is 0 Å². The molecule has 2 nitrogen and oxygen atoms in total. The zero-order valence-electron chi connectivity index (χ0n) is 9.33. The lowest BCUT2D eigenvalue weighted by Gasteiger charge is -2.05. The molecular formula is C12H16ClNOS. The van der Waals surface area contributed by atoms with Crippen LogP contribution < -0.4 is 5.32 Å². The molecule has 1 aromatic carbocycles. The molecule has 0 aliphatic rings. The zero-order valence-corrected chi connectivity index (χ0v) is 10.9. The number of hydrogen-bond donors (Lipinski definition) is 1. The van der Waals surface area contributed by atoms with Crippen molar-refractivity contribution in [2.24, 2.45) is 0 Å². The molecule has 1 rings (SSSR count). The molecule has 0 aliphatic heterocycles. The summed E-state index contributed by atoms with van der Waals surface area (Å²) in [6, 6.07) is 7.84. The highest BCUT2D eigenvalue weighted by atomic mass is 35.5. The van der Waals surface area contributed by atoms with Crippen molar-refractivity contribution in [2.75, 3.05) is 17.5 Å². The van der Waals surface area contributed by atoms with E-state index >= 15 is 0 Å². The molecule has 1 amide bonds. The first-order chi connectivity index (χ1) is 7.76. The molecule has 0 radical (unpaired) electrons. The van der Waals surface area contributed by atoms with E-state index < -0.39 is 0 Å². The monoisotopic (exact) mass is 257 g/mol. The number of thioether (sulfide) groups is 1. The van der Waals surface area contributed by atoms with E-state index in [0.29, 0.717) is 12.3 Å². The second-order valence-corrected chi connectivity index (χ2v) is 4.68. The Labute approximate surface area is 106 Å². The van der Waals surface area contributed by atoms with Crippen molar-refractivity contribution >= 4 is 35.0 Å². The quantitative estimate of drug-likeness (QED) is 0.478. The number of alkyl halides is 1. The van der Waals surface area contributed by atoms with Crippen LogP contribution in [0.15, 0.2) is 29.2 Å². The van der Waals surface area contributed by atoms with Crippen LogP contribution in [0.4, 0.5) is 5.69 Å². The van der Waals surface area contributed by atoms with E-state index in [9.17, 15) is 4.79 Å². The number of carbonyl (C=O) groups is 1. The van der Waals surface area contributed by atoms with Gasteiger partial charge in [-0.1, -0.05) is 6.07 Å². The van der Waals surface area contributed by atoms with Crippen molar-refractivity contribution < 1.29 is 4.79 Å². The van der Waals surface area contributed by atoms with E-state index in [1.807, 2.05) is 30.5 Å². The van der Waals surface area contributed by atoms with Crippen LogP contribution in [0.5, 0.6) is 0 Å². The van der Waals surface area contributed by atoms with Crippen molar-refractivity contribution in [1.29, 1.82) is 0 Å². The number of rotatable bonds is 6. The summed E-state index contributed by atoms with van der Waals surface area (Å²) in [6.07, 6.45) is 4.29. The Kier molecular flexibility index (Phi) is 6.34. The normalized spacial score (nSPS) is 10.1. The first kappa shape index (κ1) is 13.4. The van der Waals surface area contributed by atoms with Crippen LogP contribution in [0.3, 0.4) is 0 Å². The molecule has 1 aromatic rings. The summed E-state index contributed by atoms with van der Waals surface area (Å²) in [6.45, 7) is 0. The number of halogens is 1. The van der Waals surface area contributed by atoms with E-state index in [1.165, 1.54) is 0 Å². The summed E-state index contributed by atoms with van der Waals surface area (Å²) < 4.78 is 0. The molecule has 0 aliphatic carbocycles. The molecule has 0 bridgehead atoms. The third-order valence-electron chi connectivity index (χ3n) is 2.14. The van der Waals surface area contributed by atoms with Crippen LogP contribution in [-0.4, -0.2) is 18.0 Å². The van der Waals surface area contributed by atoms with Gasteiger partial charge in [-0.15, -0.1) is 23.4 Å². The van der Waals surface area contributed by atoms with E-state index in [1.54, 1.807) is 11.8 Å². The Hall–Kier alpha value is -0.670. The minimum absolute atomic E-state index is 0.0587. The lowest BCUT2D eigenvalue weighted by molar-refractivity contribution is -0.116. The van der Waals surface area contributed by atoms with Gasteiger partial charge in [0.05, 0.1) is 0 Å². The van der Waals surface area contributed by atoms with Crippen LogP contribution in [0.1, 0.15) is 19.3 Å². The largest absolute Gasteiger partial charge is 0.326 e. The van der Waals surface area contributed by atoms with Gasteiger partial charge in [-0.2, -0.15) is 0 Å². The fourth-order valence-corrected chi connectivity index (χ4v) is 1.95. The van der Waals surface area contributed by atoms with Gasteiger partial charge in [-0.25, -0.2) is 0 Å². The lowest BCUT2D eigenvalue weighted by Crippen LogP contribution is -2.11. The molecule has 0 heterocycles. The highest BCUT2D eigenvalue weighted by Crippen LogP contribution is 2.19. The molecule has 1 N–H and O–H groups in total. The molecule has 0 atom stereocenters. The number of unbranched alkanes of at least 4 members (excludes halogenated alkanes) is 1. The first-order valence-corrected chi connectivity index (χ1v) is 7.02. The van der Waals surface area contributed by atoms with Gasteiger partial charge in [-0.05, 0) is 37.3 Å². The molecule has 0 fully saturated rings. The van der Waals surface area contributed by atoms with Crippen LogP contribution in [-0.2, 0) is 4.79 Å². The predicted molar refractivity (Wildman–Crippen MR) is 71.4 cm³/mol. The molecule has 16 heavy (non-hydrogen) atoms. The maximum absolute atomic E-state index is 11.5. The first-order valence-electron chi connectivity index (χ1n) is 5.26. The highest BCUT2D eigenvalue weighted by molar-refractivity contribution is 7.98. The topological polar surface area (TPSA) is 29.1 Å². The minimum Gasteiger partial charge on any atom is -0.326 e. The smallest absolute Gasteiger partial charge is 0.224 e. The van der Waals surface area contributed by atoms with Crippen LogP contribution in [0.25, 0.3) is 0 Å². The average molecular weight is 258 g/mol. The minimum atomic E-state index is 0.0587. The van der Waals surface area contributed by atoms with E-state index in [0.717, 1.165) is 23.4 Å². The van der Waals surface area contributed by atoms with Crippen LogP contribution in [0.2, 0.25) is 0 Å². The maximum Gasteiger partial charge on any atom is 0.224 e. The highest BCUT2D eigenvalue weighted by Gasteiger charge is 2.02. The number of hydrogen-bond acceptors (Lipinski definition) is 2. The number of anilines is 1. The fraction of sp³-hybridized carbons (Fsp3) is 0.417. The second-order valence-electron chi connectivity index (χ2n) is 3.43. The second kappa shape index (κ2) is 7.58. The van der Waals surface area contributed by atoms with Gasteiger partial charge < -0.3 is 5.32 Å². The summed E-state index contributed by atoms with van der Waals surface area (Å²) in [4.78, 5) is 12.7. The summed E-state index contributed by atoms with van der Waals surface area (Å²) in [5.74, 6) is 0.679. The Bertz CT molecular complexity index is 344. The van der Waals surface area contributed by atoms with Crippen molar-refractivity contribution in [1.82, 2.24) is 0 Å². The summed E-state index contributed by atoms with van der Waals surface area (Å²) >= 11 is 7.21. The van der Waals surface area contributed by atoms with E-state index in [4.69, 9.17) is 11.6 Å².